The van der Waals surface area contributed by atoms with Crippen LogP contribution in [-0.2, 0) is 13.0 Å². The second-order valence-corrected chi connectivity index (χ2v) is 6.75. The Morgan fingerprint density at radius 1 is 1.24 bits per heavy atom. The van der Waals surface area contributed by atoms with Crippen molar-refractivity contribution in [2.45, 2.75) is 32.4 Å². The molecular weight excluding hydrogens is 276 g/mol. The summed E-state index contributed by atoms with van der Waals surface area (Å²) < 4.78 is 0. The van der Waals surface area contributed by atoms with Crippen LogP contribution in [0.15, 0.2) is 41.1 Å². The third kappa shape index (κ3) is 4.16. The second-order valence-electron chi connectivity index (χ2n) is 6.01. The van der Waals surface area contributed by atoms with Gasteiger partial charge in [0.15, 0.2) is 0 Å². The summed E-state index contributed by atoms with van der Waals surface area (Å²) in [6, 6.07) is 11.4. The molecule has 0 saturated carbocycles. The maximum Gasteiger partial charge on any atom is 0.0245 e. The summed E-state index contributed by atoms with van der Waals surface area (Å²) in [6.07, 6.45) is 2.37. The highest BCUT2D eigenvalue weighted by molar-refractivity contribution is 7.08. The van der Waals surface area contributed by atoms with Crippen molar-refractivity contribution in [3.05, 3.63) is 57.8 Å². The maximum atomic E-state index is 3.72. The standard InChI is InChI=1S/C18H24N2S/c1-15-13-21-14-17(15)11-20-9-5-8-19-18(12-20)10-16-6-3-2-4-7-16/h2-4,6-7,13-14,18-19H,5,8-12H2,1H3. The van der Waals surface area contributed by atoms with Crippen LogP contribution in [0.3, 0.4) is 0 Å². The molecule has 1 saturated heterocycles. The van der Waals surface area contributed by atoms with E-state index in [0.717, 1.165) is 26.1 Å². The molecule has 1 aromatic heterocycles. The lowest BCUT2D eigenvalue weighted by molar-refractivity contribution is 0.259. The van der Waals surface area contributed by atoms with E-state index in [0.29, 0.717) is 6.04 Å². The van der Waals surface area contributed by atoms with Gasteiger partial charge in [-0.15, -0.1) is 0 Å². The largest absolute Gasteiger partial charge is 0.312 e. The molecule has 2 aromatic rings. The van der Waals surface area contributed by atoms with E-state index in [1.165, 1.54) is 29.7 Å². The molecule has 0 amide bonds. The average molecular weight is 300 g/mol. The summed E-state index contributed by atoms with van der Waals surface area (Å²) in [5.41, 5.74) is 4.38. The highest BCUT2D eigenvalue weighted by Crippen LogP contribution is 2.17. The first-order valence-electron chi connectivity index (χ1n) is 7.82. The van der Waals surface area contributed by atoms with Crippen molar-refractivity contribution in [2.24, 2.45) is 0 Å². The van der Waals surface area contributed by atoms with E-state index in [1.807, 2.05) is 11.3 Å². The fraction of sp³-hybridized carbons (Fsp3) is 0.444. The Labute approximate surface area is 131 Å². The Morgan fingerprint density at radius 2 is 2.10 bits per heavy atom. The second kappa shape index (κ2) is 7.21. The molecular formula is C18H24N2S. The molecule has 1 N–H and O–H groups in total. The first-order valence-corrected chi connectivity index (χ1v) is 8.77. The molecule has 0 spiro atoms. The Balaban J connectivity index is 1.62. The zero-order chi connectivity index (χ0) is 14.5. The molecule has 0 bridgehead atoms. The van der Waals surface area contributed by atoms with Crippen LogP contribution in [0.4, 0.5) is 0 Å². The highest BCUT2D eigenvalue weighted by atomic mass is 32.1. The monoisotopic (exact) mass is 300 g/mol. The number of hydrogen-bond acceptors (Lipinski definition) is 3. The molecule has 1 aliphatic rings. The van der Waals surface area contributed by atoms with E-state index in [9.17, 15) is 0 Å². The van der Waals surface area contributed by atoms with Crippen molar-refractivity contribution in [1.82, 2.24) is 10.2 Å². The zero-order valence-electron chi connectivity index (χ0n) is 12.7. The summed E-state index contributed by atoms with van der Waals surface area (Å²) in [5.74, 6) is 0. The van der Waals surface area contributed by atoms with Gasteiger partial charge in [0.1, 0.15) is 0 Å². The van der Waals surface area contributed by atoms with Crippen molar-refractivity contribution >= 4 is 11.3 Å². The van der Waals surface area contributed by atoms with Crippen molar-refractivity contribution < 1.29 is 0 Å². The highest BCUT2D eigenvalue weighted by Gasteiger charge is 2.18. The molecule has 1 fully saturated rings. The van der Waals surface area contributed by atoms with Gasteiger partial charge in [0, 0.05) is 19.1 Å². The normalized spacial score (nSPS) is 20.3. The molecule has 1 unspecified atom stereocenters. The van der Waals surface area contributed by atoms with Crippen molar-refractivity contribution in [1.29, 1.82) is 0 Å². The molecule has 0 aliphatic carbocycles. The van der Waals surface area contributed by atoms with E-state index in [4.69, 9.17) is 0 Å². The summed E-state index contributed by atoms with van der Waals surface area (Å²) in [4.78, 5) is 2.61. The summed E-state index contributed by atoms with van der Waals surface area (Å²) >= 11 is 1.82. The minimum absolute atomic E-state index is 0.564. The lowest BCUT2D eigenvalue weighted by Crippen LogP contribution is -2.39. The van der Waals surface area contributed by atoms with Crippen LogP contribution in [0.2, 0.25) is 0 Å². The van der Waals surface area contributed by atoms with E-state index < -0.39 is 0 Å². The predicted octanol–water partition coefficient (Wildman–Crippen LogP) is 3.46. The summed E-state index contributed by atoms with van der Waals surface area (Å²) in [7, 11) is 0. The van der Waals surface area contributed by atoms with Crippen LogP contribution in [-0.4, -0.2) is 30.6 Å². The first kappa shape index (κ1) is 14.8. The van der Waals surface area contributed by atoms with Gasteiger partial charge < -0.3 is 5.32 Å². The first-order chi connectivity index (χ1) is 10.3. The lowest BCUT2D eigenvalue weighted by Gasteiger charge is -2.24. The van der Waals surface area contributed by atoms with Crippen molar-refractivity contribution in [3.63, 3.8) is 0 Å². The van der Waals surface area contributed by atoms with E-state index in [-0.39, 0.29) is 0 Å². The SMILES string of the molecule is Cc1cscc1CN1CCCNC(Cc2ccccc2)C1. The van der Waals surface area contributed by atoms with E-state index in [1.54, 1.807) is 0 Å². The van der Waals surface area contributed by atoms with Gasteiger partial charge in [0.2, 0.25) is 0 Å². The van der Waals surface area contributed by atoms with Gasteiger partial charge in [0.25, 0.3) is 0 Å². The minimum atomic E-state index is 0.564. The number of nitrogens with zero attached hydrogens (tertiary/aromatic N) is 1. The fourth-order valence-corrected chi connectivity index (χ4v) is 3.89. The number of nitrogens with one attached hydrogen (secondary N) is 1. The van der Waals surface area contributed by atoms with Gasteiger partial charge in [0.05, 0.1) is 0 Å². The quantitative estimate of drug-likeness (QED) is 0.930. The molecule has 2 nitrogen and oxygen atoms in total. The van der Waals surface area contributed by atoms with Gasteiger partial charge in [-0.1, -0.05) is 30.3 Å². The smallest absolute Gasteiger partial charge is 0.0245 e. The number of rotatable bonds is 4. The zero-order valence-corrected chi connectivity index (χ0v) is 13.5. The topological polar surface area (TPSA) is 15.3 Å². The van der Waals surface area contributed by atoms with E-state index in [2.05, 4.69) is 58.2 Å². The molecule has 1 atom stereocenters. The minimum Gasteiger partial charge on any atom is -0.312 e. The van der Waals surface area contributed by atoms with Crippen molar-refractivity contribution in [3.8, 4) is 0 Å². The van der Waals surface area contributed by atoms with Gasteiger partial charge >= 0.3 is 0 Å². The Bertz CT molecular complexity index is 549. The van der Waals surface area contributed by atoms with Gasteiger partial charge in [-0.2, -0.15) is 11.3 Å². The molecule has 1 aromatic carbocycles. The predicted molar refractivity (Wildman–Crippen MR) is 90.9 cm³/mol. The summed E-state index contributed by atoms with van der Waals surface area (Å²) in [6.45, 7) is 6.81. The number of aryl methyl sites for hydroxylation is 1. The summed E-state index contributed by atoms with van der Waals surface area (Å²) in [5, 5.41) is 8.28. The molecule has 0 radical (unpaired) electrons. The van der Waals surface area contributed by atoms with Crippen molar-refractivity contribution in [2.75, 3.05) is 19.6 Å². The number of benzene rings is 1. The molecule has 21 heavy (non-hydrogen) atoms. The van der Waals surface area contributed by atoms with Gasteiger partial charge in [-0.25, -0.2) is 0 Å². The number of hydrogen-bond donors (Lipinski definition) is 1. The van der Waals surface area contributed by atoms with Crippen LogP contribution in [0.1, 0.15) is 23.1 Å². The molecule has 1 aliphatic heterocycles. The van der Waals surface area contributed by atoms with Gasteiger partial charge in [-0.3, -0.25) is 4.90 Å². The van der Waals surface area contributed by atoms with Crippen LogP contribution in [0, 0.1) is 6.92 Å². The Hall–Kier alpha value is -1.16. The Morgan fingerprint density at radius 3 is 2.86 bits per heavy atom. The van der Waals surface area contributed by atoms with Crippen LogP contribution in [0.25, 0.3) is 0 Å². The maximum absolute atomic E-state index is 3.72. The number of thiophene rings is 1. The van der Waals surface area contributed by atoms with Crippen LogP contribution in [0.5, 0.6) is 0 Å². The lowest BCUT2D eigenvalue weighted by atomic mass is 10.1. The fourth-order valence-electron chi connectivity index (χ4n) is 3.05. The third-order valence-electron chi connectivity index (χ3n) is 4.24. The third-order valence-corrected chi connectivity index (χ3v) is 5.15. The van der Waals surface area contributed by atoms with Crippen LogP contribution >= 0.6 is 11.3 Å². The Kier molecular flexibility index (Phi) is 5.07. The molecule has 3 rings (SSSR count). The van der Waals surface area contributed by atoms with Crippen LogP contribution < -0.4 is 5.32 Å². The molecule has 2 heterocycles. The molecule has 112 valence electrons. The van der Waals surface area contributed by atoms with E-state index >= 15 is 0 Å². The molecule has 3 heteroatoms. The van der Waals surface area contributed by atoms with Gasteiger partial charge in [-0.05, 0) is 60.3 Å². The average Bonchev–Trinajstić information content (AvgIpc) is 2.76.